The van der Waals surface area contributed by atoms with E-state index in [0.717, 1.165) is 0 Å². The number of aromatic nitrogens is 5. The fourth-order valence-electron chi connectivity index (χ4n) is 2.46. The molecule has 4 rings (SSSR count). The van der Waals surface area contributed by atoms with Crippen LogP contribution < -0.4 is 5.56 Å². The molecule has 126 valence electrons. The van der Waals surface area contributed by atoms with Crippen LogP contribution in [-0.4, -0.2) is 37.0 Å². The number of hydrogen-bond acceptors (Lipinski definition) is 8. The molecule has 25 heavy (non-hydrogen) atoms. The minimum absolute atomic E-state index is 0.112. The molecule has 8 nitrogen and oxygen atoms in total. The van der Waals surface area contributed by atoms with Crippen LogP contribution in [0.15, 0.2) is 45.2 Å². The highest BCUT2D eigenvalue weighted by Gasteiger charge is 2.13. The van der Waals surface area contributed by atoms with Gasteiger partial charge in [-0.2, -0.15) is 4.98 Å². The van der Waals surface area contributed by atoms with E-state index in [1.807, 2.05) is 41.6 Å². The molecule has 1 N–H and O–H groups in total. The Morgan fingerprint density at radius 1 is 1.24 bits per heavy atom. The molecule has 0 saturated heterocycles. The fraction of sp³-hybridized carbons (Fsp3) is 0.188. The van der Waals surface area contributed by atoms with Gasteiger partial charge >= 0.3 is 0 Å². The molecule has 0 spiro atoms. The topological polar surface area (TPSA) is 101 Å². The van der Waals surface area contributed by atoms with E-state index < -0.39 is 0 Å². The van der Waals surface area contributed by atoms with Gasteiger partial charge in [-0.1, -0.05) is 11.2 Å². The summed E-state index contributed by atoms with van der Waals surface area (Å²) in [6, 6.07) is 7.36. The maximum Gasteiger partial charge on any atom is 0.268 e. The van der Waals surface area contributed by atoms with Crippen molar-refractivity contribution in [2.24, 2.45) is 0 Å². The Bertz CT molecular complexity index is 1060. The standard InChI is InChI=1S/C16H14N6O2S/c1-22(8-12-18-10-5-7-25-14(10)16(23)19-12)9-13-20-15(21-24-13)11-4-2-3-6-17-11/h2-7H,8-9H2,1H3,(H,18,19,23). The second-order valence-corrected chi connectivity index (χ2v) is 6.46. The van der Waals surface area contributed by atoms with Crippen molar-refractivity contribution in [1.82, 2.24) is 30.0 Å². The van der Waals surface area contributed by atoms with Crippen molar-refractivity contribution >= 4 is 21.6 Å². The smallest absolute Gasteiger partial charge is 0.268 e. The third kappa shape index (κ3) is 3.32. The van der Waals surface area contributed by atoms with Gasteiger partial charge in [0.1, 0.15) is 16.2 Å². The molecule has 0 aliphatic carbocycles. The van der Waals surface area contributed by atoms with E-state index in [0.29, 0.717) is 46.5 Å². The van der Waals surface area contributed by atoms with E-state index >= 15 is 0 Å². The van der Waals surface area contributed by atoms with Gasteiger partial charge in [-0.3, -0.25) is 14.7 Å². The van der Waals surface area contributed by atoms with Gasteiger partial charge in [-0.15, -0.1) is 11.3 Å². The third-order valence-corrected chi connectivity index (χ3v) is 4.45. The lowest BCUT2D eigenvalue weighted by molar-refractivity contribution is 0.256. The lowest BCUT2D eigenvalue weighted by Gasteiger charge is -2.13. The number of nitrogens with zero attached hydrogens (tertiary/aromatic N) is 5. The fourth-order valence-corrected chi connectivity index (χ4v) is 3.18. The first-order valence-electron chi connectivity index (χ1n) is 7.58. The molecule has 0 radical (unpaired) electrons. The van der Waals surface area contributed by atoms with Crippen LogP contribution in [0.25, 0.3) is 21.7 Å². The first-order valence-corrected chi connectivity index (χ1v) is 8.46. The van der Waals surface area contributed by atoms with Crippen molar-refractivity contribution in [2.75, 3.05) is 7.05 Å². The number of H-pyrrole nitrogens is 1. The zero-order valence-electron chi connectivity index (χ0n) is 13.3. The van der Waals surface area contributed by atoms with Gasteiger partial charge in [0.05, 0.1) is 18.6 Å². The summed E-state index contributed by atoms with van der Waals surface area (Å²) >= 11 is 1.39. The molecule has 0 saturated carbocycles. The normalized spacial score (nSPS) is 11.4. The third-order valence-electron chi connectivity index (χ3n) is 3.55. The van der Waals surface area contributed by atoms with E-state index in [1.54, 1.807) is 6.20 Å². The van der Waals surface area contributed by atoms with Crippen LogP contribution in [-0.2, 0) is 13.1 Å². The van der Waals surface area contributed by atoms with E-state index in [-0.39, 0.29) is 5.56 Å². The van der Waals surface area contributed by atoms with Gasteiger partial charge in [0, 0.05) is 6.20 Å². The van der Waals surface area contributed by atoms with Crippen LogP contribution in [0.4, 0.5) is 0 Å². The average Bonchev–Trinajstić information content (AvgIpc) is 3.25. The maximum absolute atomic E-state index is 12.0. The van der Waals surface area contributed by atoms with Crippen molar-refractivity contribution < 1.29 is 4.52 Å². The van der Waals surface area contributed by atoms with Crippen LogP contribution >= 0.6 is 11.3 Å². The molecule has 0 fully saturated rings. The highest BCUT2D eigenvalue weighted by molar-refractivity contribution is 7.17. The Morgan fingerprint density at radius 2 is 2.16 bits per heavy atom. The van der Waals surface area contributed by atoms with Gasteiger partial charge < -0.3 is 9.51 Å². The van der Waals surface area contributed by atoms with Crippen molar-refractivity contribution in [2.45, 2.75) is 13.1 Å². The van der Waals surface area contributed by atoms with Crippen LogP contribution in [0.3, 0.4) is 0 Å². The number of pyridine rings is 1. The summed E-state index contributed by atoms with van der Waals surface area (Å²) in [6.07, 6.45) is 1.68. The molecule has 0 unspecified atom stereocenters. The molecule has 0 aromatic carbocycles. The van der Waals surface area contributed by atoms with Crippen LogP contribution in [0, 0.1) is 0 Å². The van der Waals surface area contributed by atoms with Gasteiger partial charge in [-0.05, 0) is 30.6 Å². The number of hydrogen-bond donors (Lipinski definition) is 1. The Hall–Kier alpha value is -2.91. The minimum Gasteiger partial charge on any atom is -0.337 e. The molecule has 4 aromatic rings. The highest BCUT2D eigenvalue weighted by atomic mass is 32.1. The summed E-state index contributed by atoms with van der Waals surface area (Å²) < 4.78 is 5.92. The van der Waals surface area contributed by atoms with Crippen molar-refractivity contribution in [3.8, 4) is 11.5 Å². The summed E-state index contributed by atoms with van der Waals surface area (Å²) in [5.41, 5.74) is 1.26. The highest BCUT2D eigenvalue weighted by Crippen LogP contribution is 2.15. The van der Waals surface area contributed by atoms with E-state index in [1.165, 1.54) is 11.3 Å². The summed E-state index contributed by atoms with van der Waals surface area (Å²) in [5, 5.41) is 5.81. The first kappa shape index (κ1) is 15.6. The zero-order chi connectivity index (χ0) is 17.2. The van der Waals surface area contributed by atoms with E-state index in [4.69, 9.17) is 4.52 Å². The number of fused-ring (bicyclic) bond motifs is 1. The Morgan fingerprint density at radius 3 is 3.00 bits per heavy atom. The minimum atomic E-state index is -0.112. The predicted octanol–water partition coefficient (Wildman–Crippen LogP) is 2.06. The van der Waals surface area contributed by atoms with Crippen molar-refractivity contribution in [3.05, 3.63) is 57.9 Å². The van der Waals surface area contributed by atoms with Crippen LogP contribution in [0.1, 0.15) is 11.7 Å². The number of aromatic amines is 1. The van der Waals surface area contributed by atoms with Gasteiger partial charge in [0.2, 0.25) is 11.7 Å². The molecule has 4 heterocycles. The molecule has 0 aliphatic rings. The monoisotopic (exact) mass is 354 g/mol. The SMILES string of the molecule is CN(Cc1nc2ccsc2c(=O)[nH]1)Cc1nc(-c2ccccn2)no1. The summed E-state index contributed by atoms with van der Waals surface area (Å²) in [7, 11) is 1.89. The summed E-state index contributed by atoms with van der Waals surface area (Å²) in [6.45, 7) is 0.896. The molecule has 0 aliphatic heterocycles. The van der Waals surface area contributed by atoms with E-state index in [9.17, 15) is 4.79 Å². The molecule has 4 aromatic heterocycles. The zero-order valence-corrected chi connectivity index (χ0v) is 14.2. The molecular formula is C16H14N6O2S. The Labute approximate surface area is 146 Å². The van der Waals surface area contributed by atoms with Gasteiger partial charge in [0.25, 0.3) is 5.56 Å². The molecular weight excluding hydrogens is 340 g/mol. The van der Waals surface area contributed by atoms with Crippen molar-refractivity contribution in [3.63, 3.8) is 0 Å². The maximum atomic E-state index is 12.0. The lowest BCUT2D eigenvalue weighted by atomic mass is 10.3. The summed E-state index contributed by atoms with van der Waals surface area (Å²) in [4.78, 5) is 29.8. The number of nitrogens with one attached hydrogen (secondary N) is 1. The van der Waals surface area contributed by atoms with Gasteiger partial charge in [-0.25, -0.2) is 4.98 Å². The Balaban J connectivity index is 1.47. The largest absolute Gasteiger partial charge is 0.337 e. The second kappa shape index (κ2) is 6.54. The van der Waals surface area contributed by atoms with Crippen LogP contribution in [0.2, 0.25) is 0 Å². The van der Waals surface area contributed by atoms with Crippen molar-refractivity contribution in [1.29, 1.82) is 0 Å². The van der Waals surface area contributed by atoms with Gasteiger partial charge in [0.15, 0.2) is 0 Å². The molecule has 9 heteroatoms. The summed E-state index contributed by atoms with van der Waals surface area (Å²) in [5.74, 6) is 1.53. The second-order valence-electron chi connectivity index (χ2n) is 5.55. The Kier molecular flexibility index (Phi) is 4.08. The number of thiophene rings is 1. The molecule has 0 atom stereocenters. The predicted molar refractivity (Wildman–Crippen MR) is 92.9 cm³/mol. The average molecular weight is 354 g/mol. The van der Waals surface area contributed by atoms with Crippen LogP contribution in [0.5, 0.6) is 0 Å². The number of rotatable bonds is 5. The quantitative estimate of drug-likeness (QED) is 0.585. The van der Waals surface area contributed by atoms with E-state index in [2.05, 4.69) is 25.1 Å². The molecule has 0 bridgehead atoms. The molecule has 0 amide bonds. The first-order chi connectivity index (χ1) is 12.2. The lowest BCUT2D eigenvalue weighted by Crippen LogP contribution is -2.21.